The lowest BCUT2D eigenvalue weighted by atomic mass is 10.1. The molecule has 156 valence electrons. The van der Waals surface area contributed by atoms with Crippen LogP contribution in [0, 0.1) is 13.8 Å². The van der Waals surface area contributed by atoms with Crippen LogP contribution in [0.4, 0.5) is 5.69 Å². The van der Waals surface area contributed by atoms with Crippen LogP contribution in [0.25, 0.3) is 0 Å². The summed E-state index contributed by atoms with van der Waals surface area (Å²) in [4.78, 5) is 12.9. The van der Waals surface area contributed by atoms with Crippen LogP contribution < -0.4 is 5.32 Å². The molecule has 0 spiro atoms. The summed E-state index contributed by atoms with van der Waals surface area (Å²) < 4.78 is 27.6. The molecule has 3 rings (SSSR count). The number of sulfonamides is 1. The van der Waals surface area contributed by atoms with Crippen molar-refractivity contribution in [3.8, 4) is 0 Å². The third-order valence-corrected chi connectivity index (χ3v) is 6.54. The third kappa shape index (κ3) is 5.69. The van der Waals surface area contributed by atoms with Crippen LogP contribution in [-0.2, 0) is 21.4 Å². The maximum absolute atomic E-state index is 13.2. The molecule has 0 bridgehead atoms. The summed E-state index contributed by atoms with van der Waals surface area (Å²) in [5, 5.41) is 3.37. The van der Waals surface area contributed by atoms with Gasteiger partial charge in [0.15, 0.2) is 0 Å². The highest BCUT2D eigenvalue weighted by Gasteiger charge is 2.27. The minimum absolute atomic E-state index is 0.0503. The van der Waals surface area contributed by atoms with Crippen molar-refractivity contribution in [2.75, 3.05) is 11.9 Å². The molecule has 0 aromatic heterocycles. The number of nitrogens with zero attached hydrogens (tertiary/aromatic N) is 1. The monoisotopic (exact) mass is 442 g/mol. The minimum atomic E-state index is -3.87. The Morgan fingerprint density at radius 1 is 0.933 bits per heavy atom. The molecule has 0 aliphatic carbocycles. The molecule has 0 fully saturated rings. The van der Waals surface area contributed by atoms with Crippen molar-refractivity contribution >= 4 is 33.2 Å². The molecule has 3 aromatic carbocycles. The van der Waals surface area contributed by atoms with Gasteiger partial charge in [-0.2, -0.15) is 4.31 Å². The van der Waals surface area contributed by atoms with E-state index >= 15 is 0 Å². The molecule has 0 atom stereocenters. The second-order valence-corrected chi connectivity index (χ2v) is 9.51. The van der Waals surface area contributed by atoms with E-state index in [9.17, 15) is 13.2 Å². The van der Waals surface area contributed by atoms with Crippen LogP contribution in [0.15, 0.2) is 77.7 Å². The number of aryl methyl sites for hydroxylation is 2. The molecule has 0 saturated heterocycles. The fraction of sp³-hybridized carbons (Fsp3) is 0.174. The molecule has 5 nitrogen and oxygen atoms in total. The van der Waals surface area contributed by atoms with Gasteiger partial charge < -0.3 is 5.32 Å². The van der Waals surface area contributed by atoms with Gasteiger partial charge in [0.25, 0.3) is 0 Å². The van der Waals surface area contributed by atoms with Crippen LogP contribution in [0.2, 0.25) is 5.02 Å². The number of nitrogens with one attached hydrogen (secondary N) is 1. The topological polar surface area (TPSA) is 66.5 Å². The summed E-state index contributed by atoms with van der Waals surface area (Å²) in [6, 6.07) is 20.7. The lowest BCUT2D eigenvalue weighted by molar-refractivity contribution is -0.116. The number of rotatable bonds is 7. The largest absolute Gasteiger partial charge is 0.325 e. The molecule has 7 heteroatoms. The Bertz CT molecular complexity index is 1110. The molecule has 0 saturated carbocycles. The van der Waals surface area contributed by atoms with Crippen LogP contribution in [0.5, 0.6) is 0 Å². The summed E-state index contributed by atoms with van der Waals surface area (Å²) in [5.74, 6) is -0.409. The van der Waals surface area contributed by atoms with E-state index in [0.717, 1.165) is 16.7 Å². The predicted molar refractivity (Wildman–Crippen MR) is 120 cm³/mol. The third-order valence-electron chi connectivity index (χ3n) is 4.48. The number of halogens is 1. The lowest BCUT2D eigenvalue weighted by Gasteiger charge is -2.22. The molecule has 0 radical (unpaired) electrons. The van der Waals surface area contributed by atoms with Crippen molar-refractivity contribution in [1.29, 1.82) is 0 Å². The van der Waals surface area contributed by atoms with Crippen molar-refractivity contribution in [1.82, 2.24) is 4.31 Å². The molecule has 0 aliphatic rings. The zero-order valence-electron chi connectivity index (χ0n) is 16.8. The first-order valence-electron chi connectivity index (χ1n) is 9.42. The van der Waals surface area contributed by atoms with Gasteiger partial charge in [-0.1, -0.05) is 48.0 Å². The van der Waals surface area contributed by atoms with Gasteiger partial charge in [-0.05, 0) is 66.9 Å². The molecule has 0 unspecified atom stereocenters. The Balaban J connectivity index is 1.86. The summed E-state index contributed by atoms with van der Waals surface area (Å²) in [6.45, 7) is 3.62. The van der Waals surface area contributed by atoms with Gasteiger partial charge in [0, 0.05) is 17.3 Å². The zero-order chi connectivity index (χ0) is 21.7. The normalized spacial score (nSPS) is 11.5. The zero-order valence-corrected chi connectivity index (χ0v) is 18.4. The van der Waals surface area contributed by atoms with Gasteiger partial charge in [-0.25, -0.2) is 8.42 Å². The van der Waals surface area contributed by atoms with E-state index in [0.29, 0.717) is 10.7 Å². The number of benzene rings is 3. The molecule has 0 aliphatic heterocycles. The Morgan fingerprint density at radius 2 is 1.53 bits per heavy atom. The first-order valence-corrected chi connectivity index (χ1v) is 11.2. The van der Waals surface area contributed by atoms with Crippen molar-refractivity contribution in [3.63, 3.8) is 0 Å². The number of anilines is 1. The van der Waals surface area contributed by atoms with Crippen LogP contribution in [0.3, 0.4) is 0 Å². The first-order chi connectivity index (χ1) is 14.2. The molecule has 3 aromatic rings. The Labute approximate surface area is 182 Å². The highest BCUT2D eigenvalue weighted by Crippen LogP contribution is 2.20. The van der Waals surface area contributed by atoms with Crippen molar-refractivity contribution in [3.05, 3.63) is 94.5 Å². The summed E-state index contributed by atoms with van der Waals surface area (Å²) in [6.07, 6.45) is 0. The summed E-state index contributed by atoms with van der Waals surface area (Å²) in [5.41, 5.74) is 3.40. The first kappa shape index (κ1) is 22.0. The molecule has 30 heavy (non-hydrogen) atoms. The van der Waals surface area contributed by atoms with E-state index in [1.54, 1.807) is 42.5 Å². The van der Waals surface area contributed by atoms with Gasteiger partial charge in [0.05, 0.1) is 11.4 Å². The molecule has 1 amide bonds. The predicted octanol–water partition coefficient (Wildman–Crippen LogP) is 4.79. The Hall–Kier alpha value is -2.67. The second-order valence-electron chi connectivity index (χ2n) is 7.14. The van der Waals surface area contributed by atoms with Gasteiger partial charge in [0.2, 0.25) is 15.9 Å². The summed E-state index contributed by atoms with van der Waals surface area (Å²) >= 11 is 5.94. The van der Waals surface area contributed by atoms with E-state index in [-0.39, 0.29) is 18.0 Å². The average molecular weight is 443 g/mol. The van der Waals surface area contributed by atoms with E-state index in [1.807, 2.05) is 32.0 Å². The van der Waals surface area contributed by atoms with Crippen molar-refractivity contribution in [2.45, 2.75) is 25.3 Å². The fourth-order valence-electron chi connectivity index (χ4n) is 3.17. The maximum atomic E-state index is 13.2. The van der Waals surface area contributed by atoms with Gasteiger partial charge in [-0.3, -0.25) is 4.79 Å². The Kier molecular flexibility index (Phi) is 6.92. The molecular weight excluding hydrogens is 420 g/mol. The highest BCUT2D eigenvalue weighted by molar-refractivity contribution is 7.89. The molecule has 0 heterocycles. The number of amides is 1. The smallest absolute Gasteiger partial charge is 0.243 e. The van der Waals surface area contributed by atoms with E-state index in [1.165, 1.54) is 16.4 Å². The molecular formula is C23H23ClN2O3S. The summed E-state index contributed by atoms with van der Waals surface area (Å²) in [7, 11) is -3.87. The highest BCUT2D eigenvalue weighted by atomic mass is 35.5. The van der Waals surface area contributed by atoms with Crippen LogP contribution >= 0.6 is 11.6 Å². The average Bonchev–Trinajstić information content (AvgIpc) is 2.69. The number of hydrogen-bond acceptors (Lipinski definition) is 3. The van der Waals surface area contributed by atoms with E-state index < -0.39 is 15.9 Å². The minimum Gasteiger partial charge on any atom is -0.325 e. The number of carbonyl (C=O) groups excluding carboxylic acids is 1. The fourth-order valence-corrected chi connectivity index (χ4v) is 4.70. The quantitative estimate of drug-likeness (QED) is 0.572. The van der Waals surface area contributed by atoms with Crippen LogP contribution in [0.1, 0.15) is 16.7 Å². The number of hydrogen-bond donors (Lipinski definition) is 1. The van der Waals surface area contributed by atoms with Crippen molar-refractivity contribution < 1.29 is 13.2 Å². The van der Waals surface area contributed by atoms with Crippen LogP contribution in [-0.4, -0.2) is 25.2 Å². The van der Waals surface area contributed by atoms with Gasteiger partial charge in [0.1, 0.15) is 0 Å². The molecule has 1 N–H and O–H groups in total. The lowest BCUT2D eigenvalue weighted by Crippen LogP contribution is -2.37. The number of carbonyl (C=O) groups is 1. The van der Waals surface area contributed by atoms with Gasteiger partial charge in [-0.15, -0.1) is 0 Å². The van der Waals surface area contributed by atoms with E-state index in [2.05, 4.69) is 5.32 Å². The van der Waals surface area contributed by atoms with Crippen molar-refractivity contribution in [2.24, 2.45) is 0 Å². The maximum Gasteiger partial charge on any atom is 0.243 e. The van der Waals surface area contributed by atoms with Gasteiger partial charge >= 0.3 is 0 Å². The SMILES string of the molecule is Cc1cc(C)cc(NC(=O)CN(Cc2ccc(Cl)cc2)S(=O)(=O)c2ccccc2)c1. The van der Waals surface area contributed by atoms with E-state index in [4.69, 9.17) is 11.6 Å². The second kappa shape index (κ2) is 9.43. The standard InChI is InChI=1S/C23H23ClN2O3S/c1-17-12-18(2)14-21(13-17)25-23(27)16-26(15-19-8-10-20(24)11-9-19)30(28,29)22-6-4-3-5-7-22/h3-14H,15-16H2,1-2H3,(H,25,27). The Morgan fingerprint density at radius 3 is 2.13 bits per heavy atom.